The van der Waals surface area contributed by atoms with E-state index in [4.69, 9.17) is 10.9 Å². The Morgan fingerprint density at radius 1 is 1.41 bits per heavy atom. The lowest BCUT2D eigenvalue weighted by atomic mass is 10.1. The maximum atomic E-state index is 8.60. The Kier molecular flexibility index (Phi) is 3.52. The summed E-state index contributed by atoms with van der Waals surface area (Å²) >= 11 is 0. The van der Waals surface area contributed by atoms with Crippen LogP contribution in [0.5, 0.6) is 0 Å². The van der Waals surface area contributed by atoms with Gasteiger partial charge in [-0.05, 0) is 43.5 Å². The summed E-state index contributed by atoms with van der Waals surface area (Å²) in [5.74, 6) is 0.157. The summed E-state index contributed by atoms with van der Waals surface area (Å²) in [6, 6.07) is 8.60. The normalized spacial score (nSPS) is 15.9. The molecule has 1 aliphatic carbocycles. The van der Waals surface area contributed by atoms with Gasteiger partial charge in [0.25, 0.3) is 0 Å². The van der Waals surface area contributed by atoms with E-state index >= 15 is 0 Å². The summed E-state index contributed by atoms with van der Waals surface area (Å²) in [6.45, 7) is 3.29. The molecule has 92 valence electrons. The highest BCUT2D eigenvalue weighted by Crippen LogP contribution is 2.31. The number of hydrogen-bond acceptors (Lipinski definition) is 3. The van der Waals surface area contributed by atoms with Crippen molar-refractivity contribution in [2.45, 2.75) is 32.2 Å². The first-order valence-electron chi connectivity index (χ1n) is 6.11. The molecule has 0 bridgehead atoms. The second kappa shape index (κ2) is 5.08. The van der Waals surface area contributed by atoms with E-state index in [1.165, 1.54) is 18.5 Å². The van der Waals surface area contributed by atoms with E-state index in [1.54, 1.807) is 0 Å². The fourth-order valence-electron chi connectivity index (χ4n) is 2.03. The van der Waals surface area contributed by atoms with Gasteiger partial charge in [0.2, 0.25) is 0 Å². The first kappa shape index (κ1) is 11.8. The van der Waals surface area contributed by atoms with Crippen LogP contribution < -0.4 is 10.6 Å². The lowest BCUT2D eigenvalue weighted by Gasteiger charge is -2.24. The standard InChI is InChI=1S/C13H19N3O/c1-2-9-16(12-7-8-12)11-5-3-10(4-6-11)13(14)15-17/h3-6,12,17H,2,7-9H2,1H3,(H2,14,15). The molecule has 0 radical (unpaired) electrons. The molecule has 1 aromatic carbocycles. The SMILES string of the molecule is CCCN(c1ccc(/C(N)=N/O)cc1)C1CC1. The molecule has 0 unspecified atom stereocenters. The van der Waals surface area contributed by atoms with Crippen molar-refractivity contribution in [3.8, 4) is 0 Å². The summed E-state index contributed by atoms with van der Waals surface area (Å²) in [6.07, 6.45) is 3.74. The Morgan fingerprint density at radius 3 is 2.53 bits per heavy atom. The van der Waals surface area contributed by atoms with Crippen molar-refractivity contribution < 1.29 is 5.21 Å². The average molecular weight is 233 g/mol. The number of anilines is 1. The molecule has 0 saturated heterocycles. The van der Waals surface area contributed by atoms with Crippen LogP contribution in [0.4, 0.5) is 5.69 Å². The van der Waals surface area contributed by atoms with Crippen LogP contribution in [0.15, 0.2) is 29.4 Å². The Morgan fingerprint density at radius 2 is 2.06 bits per heavy atom. The van der Waals surface area contributed by atoms with Crippen LogP contribution in [0.1, 0.15) is 31.7 Å². The number of amidine groups is 1. The minimum Gasteiger partial charge on any atom is -0.409 e. The van der Waals surface area contributed by atoms with Gasteiger partial charge in [-0.25, -0.2) is 0 Å². The number of nitrogens with two attached hydrogens (primary N) is 1. The van der Waals surface area contributed by atoms with Gasteiger partial charge in [-0.2, -0.15) is 0 Å². The fourth-order valence-corrected chi connectivity index (χ4v) is 2.03. The topological polar surface area (TPSA) is 61.8 Å². The van der Waals surface area contributed by atoms with Crippen LogP contribution in [0.2, 0.25) is 0 Å². The molecule has 1 aromatic rings. The van der Waals surface area contributed by atoms with Gasteiger partial charge in [-0.1, -0.05) is 12.1 Å². The maximum Gasteiger partial charge on any atom is 0.170 e. The predicted octanol–water partition coefficient (Wildman–Crippen LogP) is 2.16. The van der Waals surface area contributed by atoms with Crippen LogP contribution in [-0.4, -0.2) is 23.6 Å². The van der Waals surface area contributed by atoms with Crippen molar-refractivity contribution in [2.24, 2.45) is 10.9 Å². The molecule has 2 rings (SSSR count). The molecule has 3 N–H and O–H groups in total. The van der Waals surface area contributed by atoms with Crippen molar-refractivity contribution >= 4 is 11.5 Å². The van der Waals surface area contributed by atoms with Gasteiger partial charge in [-0.15, -0.1) is 0 Å². The first-order valence-corrected chi connectivity index (χ1v) is 6.11. The Hall–Kier alpha value is -1.71. The van der Waals surface area contributed by atoms with Crippen molar-refractivity contribution in [3.05, 3.63) is 29.8 Å². The van der Waals surface area contributed by atoms with Gasteiger partial charge < -0.3 is 15.8 Å². The lowest BCUT2D eigenvalue weighted by Crippen LogP contribution is -2.26. The van der Waals surface area contributed by atoms with Crippen molar-refractivity contribution in [2.75, 3.05) is 11.4 Å². The monoisotopic (exact) mass is 233 g/mol. The maximum absolute atomic E-state index is 8.60. The minimum atomic E-state index is 0.157. The third-order valence-corrected chi connectivity index (χ3v) is 3.05. The molecule has 17 heavy (non-hydrogen) atoms. The van der Waals surface area contributed by atoms with Crippen LogP contribution >= 0.6 is 0 Å². The van der Waals surface area contributed by atoms with Crippen LogP contribution in [0.3, 0.4) is 0 Å². The second-order valence-electron chi connectivity index (χ2n) is 4.46. The zero-order valence-corrected chi connectivity index (χ0v) is 10.1. The van der Waals surface area contributed by atoms with E-state index < -0.39 is 0 Å². The molecular formula is C13H19N3O. The van der Waals surface area contributed by atoms with Gasteiger partial charge in [-0.3, -0.25) is 0 Å². The van der Waals surface area contributed by atoms with Crippen LogP contribution in [0, 0.1) is 0 Å². The summed E-state index contributed by atoms with van der Waals surface area (Å²) in [4.78, 5) is 2.44. The van der Waals surface area contributed by atoms with Crippen molar-refractivity contribution in [3.63, 3.8) is 0 Å². The Labute approximate surface area is 102 Å². The number of benzene rings is 1. The van der Waals surface area contributed by atoms with Gasteiger partial charge in [0.05, 0.1) is 0 Å². The minimum absolute atomic E-state index is 0.157. The smallest absolute Gasteiger partial charge is 0.170 e. The van der Waals surface area contributed by atoms with Crippen LogP contribution in [0.25, 0.3) is 0 Å². The van der Waals surface area contributed by atoms with Crippen molar-refractivity contribution in [1.82, 2.24) is 0 Å². The van der Waals surface area contributed by atoms with E-state index in [1.807, 2.05) is 24.3 Å². The van der Waals surface area contributed by atoms with Gasteiger partial charge >= 0.3 is 0 Å². The molecule has 1 saturated carbocycles. The van der Waals surface area contributed by atoms with E-state index in [-0.39, 0.29) is 5.84 Å². The molecule has 4 nitrogen and oxygen atoms in total. The largest absolute Gasteiger partial charge is 0.409 e. The number of nitrogens with zero attached hydrogens (tertiary/aromatic N) is 2. The molecule has 4 heteroatoms. The van der Waals surface area contributed by atoms with Crippen LogP contribution in [-0.2, 0) is 0 Å². The Balaban J connectivity index is 2.15. The van der Waals surface area contributed by atoms with E-state index in [0.717, 1.165) is 18.5 Å². The second-order valence-corrected chi connectivity index (χ2v) is 4.46. The van der Waals surface area contributed by atoms with Gasteiger partial charge in [0.15, 0.2) is 5.84 Å². The Bertz CT molecular complexity index is 396. The zero-order valence-electron chi connectivity index (χ0n) is 10.1. The summed E-state index contributed by atoms with van der Waals surface area (Å²) in [5, 5.41) is 11.6. The number of hydrogen-bond donors (Lipinski definition) is 2. The number of oxime groups is 1. The lowest BCUT2D eigenvalue weighted by molar-refractivity contribution is 0.318. The third-order valence-electron chi connectivity index (χ3n) is 3.05. The average Bonchev–Trinajstić information content (AvgIpc) is 3.19. The molecule has 0 spiro atoms. The highest BCUT2D eigenvalue weighted by atomic mass is 16.4. The quantitative estimate of drug-likeness (QED) is 0.354. The van der Waals surface area contributed by atoms with E-state index in [2.05, 4.69) is 17.0 Å². The summed E-state index contributed by atoms with van der Waals surface area (Å²) in [7, 11) is 0. The molecule has 1 fully saturated rings. The number of rotatable bonds is 5. The summed E-state index contributed by atoms with van der Waals surface area (Å²) < 4.78 is 0. The molecule has 1 aliphatic rings. The molecule has 0 atom stereocenters. The molecule has 0 aliphatic heterocycles. The van der Waals surface area contributed by atoms with Gasteiger partial charge in [0, 0.05) is 23.8 Å². The zero-order chi connectivity index (χ0) is 12.3. The van der Waals surface area contributed by atoms with Crippen molar-refractivity contribution in [1.29, 1.82) is 0 Å². The molecule has 0 amide bonds. The molecule has 0 heterocycles. The van der Waals surface area contributed by atoms with E-state index in [9.17, 15) is 0 Å². The van der Waals surface area contributed by atoms with Gasteiger partial charge in [0.1, 0.15) is 0 Å². The molecular weight excluding hydrogens is 214 g/mol. The fraction of sp³-hybridized carbons (Fsp3) is 0.462. The first-order chi connectivity index (χ1) is 8.26. The summed E-state index contributed by atoms with van der Waals surface area (Å²) in [5.41, 5.74) is 7.52. The molecule has 0 aromatic heterocycles. The predicted molar refractivity (Wildman–Crippen MR) is 69.6 cm³/mol. The highest BCUT2D eigenvalue weighted by Gasteiger charge is 2.28. The highest BCUT2D eigenvalue weighted by molar-refractivity contribution is 5.97. The van der Waals surface area contributed by atoms with E-state index in [0.29, 0.717) is 6.04 Å². The third kappa shape index (κ3) is 2.70.